The van der Waals surface area contributed by atoms with Crippen molar-refractivity contribution >= 4 is 16.7 Å². The zero-order valence-electron chi connectivity index (χ0n) is 20.6. The number of piperazine rings is 1. The minimum Gasteiger partial charge on any atom is -0.406 e. The number of fused-ring (bicyclic) bond motifs is 1. The first-order valence-electron chi connectivity index (χ1n) is 11.6. The van der Waals surface area contributed by atoms with Crippen LogP contribution in [0.3, 0.4) is 0 Å². The average Bonchev–Trinajstić information content (AvgIpc) is 2.83. The van der Waals surface area contributed by atoms with Crippen molar-refractivity contribution in [2.45, 2.75) is 45.3 Å². The number of aryl methyl sites for hydroxylation is 1. The van der Waals surface area contributed by atoms with Crippen LogP contribution in [0.4, 0.5) is 32.0 Å². The molecule has 2 atom stereocenters. The highest BCUT2D eigenvalue weighted by Gasteiger charge is 2.36. The first kappa shape index (κ1) is 27.3. The molecule has 1 aliphatic rings. The van der Waals surface area contributed by atoms with Crippen LogP contribution in [0.15, 0.2) is 35.1 Å². The zero-order chi connectivity index (χ0) is 27.9. The van der Waals surface area contributed by atoms with Gasteiger partial charge in [-0.3, -0.25) is 9.69 Å². The molecule has 0 unspecified atom stereocenters. The third kappa shape index (κ3) is 5.26. The van der Waals surface area contributed by atoms with Crippen LogP contribution in [0.1, 0.15) is 37.1 Å². The Morgan fingerprint density at radius 1 is 1.16 bits per heavy atom. The number of nitriles is 1. The van der Waals surface area contributed by atoms with Crippen molar-refractivity contribution in [1.82, 2.24) is 14.5 Å². The second-order valence-electron chi connectivity index (χ2n) is 9.18. The number of alkyl halides is 5. The molecule has 2 aromatic heterocycles. The highest BCUT2D eigenvalue weighted by Crippen LogP contribution is 2.36. The molecule has 0 spiro atoms. The van der Waals surface area contributed by atoms with E-state index >= 15 is 0 Å². The molecule has 0 aliphatic carbocycles. The van der Waals surface area contributed by atoms with Gasteiger partial charge in [0.05, 0.1) is 11.2 Å². The Bertz CT molecular complexity index is 1470. The lowest BCUT2D eigenvalue weighted by atomic mass is 10.0. The van der Waals surface area contributed by atoms with E-state index in [2.05, 4.69) is 9.72 Å². The molecule has 202 valence electrons. The third-order valence-electron chi connectivity index (χ3n) is 6.62. The summed E-state index contributed by atoms with van der Waals surface area (Å²) in [5.74, 6) is -1.55. The van der Waals surface area contributed by atoms with E-state index in [9.17, 15) is 36.4 Å². The van der Waals surface area contributed by atoms with Gasteiger partial charge in [0.1, 0.15) is 34.4 Å². The second-order valence-corrected chi connectivity index (χ2v) is 9.18. The van der Waals surface area contributed by atoms with Gasteiger partial charge in [0, 0.05) is 50.4 Å². The minimum absolute atomic E-state index is 0.00498. The number of hydrogen-bond donors (Lipinski definition) is 0. The van der Waals surface area contributed by atoms with Crippen LogP contribution in [0.2, 0.25) is 0 Å². The quantitative estimate of drug-likeness (QED) is 0.431. The van der Waals surface area contributed by atoms with E-state index in [1.165, 1.54) is 25.2 Å². The smallest absolute Gasteiger partial charge is 0.406 e. The van der Waals surface area contributed by atoms with Gasteiger partial charge in [-0.1, -0.05) is 6.07 Å². The molecule has 38 heavy (non-hydrogen) atoms. The average molecular weight is 539 g/mol. The van der Waals surface area contributed by atoms with Crippen molar-refractivity contribution in [3.8, 4) is 11.8 Å². The van der Waals surface area contributed by atoms with Crippen LogP contribution < -0.4 is 15.2 Å². The van der Waals surface area contributed by atoms with Gasteiger partial charge >= 0.3 is 6.36 Å². The molecule has 1 saturated heterocycles. The van der Waals surface area contributed by atoms with Crippen molar-refractivity contribution in [2.75, 3.05) is 18.0 Å². The molecule has 1 aliphatic heterocycles. The van der Waals surface area contributed by atoms with Crippen LogP contribution in [0.5, 0.6) is 5.75 Å². The summed E-state index contributed by atoms with van der Waals surface area (Å²) in [4.78, 5) is 20.7. The van der Waals surface area contributed by atoms with Crippen molar-refractivity contribution in [3.05, 3.63) is 63.3 Å². The number of benzene rings is 1. The van der Waals surface area contributed by atoms with Crippen LogP contribution in [-0.2, 0) is 13.6 Å². The predicted octanol–water partition coefficient (Wildman–Crippen LogP) is 4.88. The van der Waals surface area contributed by atoms with E-state index in [0.29, 0.717) is 11.6 Å². The number of ether oxygens (including phenoxy) is 1. The zero-order valence-corrected chi connectivity index (χ0v) is 20.6. The van der Waals surface area contributed by atoms with Gasteiger partial charge in [-0.05, 0) is 32.0 Å². The maximum Gasteiger partial charge on any atom is 0.573 e. The Morgan fingerprint density at radius 3 is 2.47 bits per heavy atom. The van der Waals surface area contributed by atoms with Crippen LogP contribution in [-0.4, -0.2) is 46.0 Å². The molecule has 1 fully saturated rings. The molecule has 0 amide bonds. The van der Waals surface area contributed by atoms with Gasteiger partial charge in [0.15, 0.2) is 0 Å². The van der Waals surface area contributed by atoms with Crippen molar-refractivity contribution < 1.29 is 31.1 Å². The second kappa shape index (κ2) is 10.2. The highest BCUT2D eigenvalue weighted by atomic mass is 19.4. The predicted molar refractivity (Wildman–Crippen MR) is 126 cm³/mol. The molecule has 3 aromatic rings. The van der Waals surface area contributed by atoms with E-state index in [4.69, 9.17) is 0 Å². The number of pyridine rings is 2. The Labute approximate surface area is 213 Å². The summed E-state index contributed by atoms with van der Waals surface area (Å²) in [5, 5.41) is 9.32. The summed E-state index contributed by atoms with van der Waals surface area (Å²) in [7, 11) is 1.36. The number of nitrogens with zero attached hydrogens (tertiary/aromatic N) is 5. The molecular formula is C25H23F6N5O2. The van der Waals surface area contributed by atoms with Gasteiger partial charge < -0.3 is 14.2 Å². The number of halogens is 6. The van der Waals surface area contributed by atoms with E-state index in [0.717, 1.165) is 10.6 Å². The van der Waals surface area contributed by atoms with Gasteiger partial charge in [0.2, 0.25) is 0 Å². The van der Waals surface area contributed by atoms with Crippen molar-refractivity contribution in [2.24, 2.45) is 7.05 Å². The molecule has 7 nitrogen and oxygen atoms in total. The fourth-order valence-electron chi connectivity index (χ4n) is 4.77. The first-order chi connectivity index (χ1) is 17.8. The molecule has 3 heterocycles. The minimum atomic E-state index is -4.95. The topological polar surface area (TPSA) is 74.4 Å². The lowest BCUT2D eigenvalue weighted by Crippen LogP contribution is -2.56. The maximum absolute atomic E-state index is 14.6. The summed E-state index contributed by atoms with van der Waals surface area (Å²) in [5.41, 5.74) is -1.11. The standard InChI is InChI=1S/C25H23F6N5O2/c1-13-11-36(14(2)10-35(13)12-15-4-6-17(8-18(15)26)38-25(29,30)31)22-20(23(27)28)24(37)34(3)19-7-5-16(9-32)33-21(19)22/h4-8,13-14,23H,10-12H2,1-3H3/t13-,14-/m0/s1. The van der Waals surface area contributed by atoms with E-state index in [-0.39, 0.29) is 48.1 Å². The van der Waals surface area contributed by atoms with E-state index in [1.807, 2.05) is 11.0 Å². The van der Waals surface area contributed by atoms with Gasteiger partial charge in [-0.2, -0.15) is 5.26 Å². The molecule has 13 heteroatoms. The Morgan fingerprint density at radius 2 is 1.87 bits per heavy atom. The largest absolute Gasteiger partial charge is 0.573 e. The lowest BCUT2D eigenvalue weighted by Gasteiger charge is -2.46. The van der Waals surface area contributed by atoms with Gasteiger partial charge in [-0.15, -0.1) is 13.2 Å². The molecule has 4 rings (SSSR count). The van der Waals surface area contributed by atoms with Crippen LogP contribution in [0.25, 0.3) is 11.0 Å². The highest BCUT2D eigenvalue weighted by molar-refractivity contribution is 5.91. The Kier molecular flexibility index (Phi) is 7.29. The van der Waals surface area contributed by atoms with Crippen LogP contribution in [0, 0.1) is 17.1 Å². The monoisotopic (exact) mass is 539 g/mol. The number of anilines is 1. The summed E-state index contributed by atoms with van der Waals surface area (Å²) < 4.78 is 85.2. The molecule has 0 bridgehead atoms. The summed E-state index contributed by atoms with van der Waals surface area (Å²) in [6.45, 7) is 4.02. The number of rotatable bonds is 5. The molecule has 0 radical (unpaired) electrons. The summed E-state index contributed by atoms with van der Waals surface area (Å²) >= 11 is 0. The molecule has 0 N–H and O–H groups in total. The lowest BCUT2D eigenvalue weighted by molar-refractivity contribution is -0.274. The van der Waals surface area contributed by atoms with E-state index in [1.54, 1.807) is 18.7 Å². The number of aromatic nitrogens is 2. The van der Waals surface area contributed by atoms with Gasteiger partial charge in [0.25, 0.3) is 12.0 Å². The Balaban J connectivity index is 1.68. The van der Waals surface area contributed by atoms with Crippen molar-refractivity contribution in [1.29, 1.82) is 5.26 Å². The number of hydrogen-bond acceptors (Lipinski definition) is 6. The first-order valence-corrected chi connectivity index (χ1v) is 11.6. The summed E-state index contributed by atoms with van der Waals surface area (Å²) in [6, 6.07) is 6.89. The fraction of sp³-hybridized carbons (Fsp3) is 0.400. The SMILES string of the molecule is C[C@H]1CN(c2c(C(F)F)c(=O)n(C)c3ccc(C#N)nc23)[C@@H](C)CN1Cc1ccc(OC(F)(F)F)cc1F. The summed E-state index contributed by atoms with van der Waals surface area (Å²) in [6.07, 6.45) is -8.05. The maximum atomic E-state index is 14.6. The van der Waals surface area contributed by atoms with Gasteiger partial charge in [-0.25, -0.2) is 18.2 Å². The molecular weight excluding hydrogens is 516 g/mol. The van der Waals surface area contributed by atoms with E-state index < -0.39 is 41.5 Å². The van der Waals surface area contributed by atoms with Crippen molar-refractivity contribution in [3.63, 3.8) is 0 Å². The fourth-order valence-corrected chi connectivity index (χ4v) is 4.77. The van der Waals surface area contributed by atoms with Crippen LogP contribution >= 0.6 is 0 Å². The Hall–Kier alpha value is -3.79. The molecule has 0 saturated carbocycles. The molecule has 1 aromatic carbocycles. The normalized spacial score (nSPS) is 18.7. The third-order valence-corrected chi connectivity index (χ3v) is 6.62.